The fourth-order valence-electron chi connectivity index (χ4n) is 2.65. The molecule has 0 saturated carbocycles. The number of nitrogens with zero attached hydrogens (tertiary/aromatic N) is 3. The van der Waals surface area contributed by atoms with E-state index in [4.69, 9.17) is 0 Å². The second-order valence-corrected chi connectivity index (χ2v) is 6.03. The molecule has 3 rings (SSSR count). The molecule has 0 aliphatic heterocycles. The highest BCUT2D eigenvalue weighted by Gasteiger charge is 2.38. The Kier molecular flexibility index (Phi) is 5.04. The van der Waals surface area contributed by atoms with Crippen LogP contribution in [0.3, 0.4) is 0 Å². The molecular weight excluding hydrogens is 377 g/mol. The van der Waals surface area contributed by atoms with Gasteiger partial charge in [0.15, 0.2) is 0 Å². The van der Waals surface area contributed by atoms with E-state index in [2.05, 4.69) is 26.6 Å². The third-order valence-electron chi connectivity index (χ3n) is 3.99. The second-order valence-electron chi connectivity index (χ2n) is 6.03. The lowest BCUT2D eigenvalue weighted by atomic mass is 10.1. The molecule has 0 radical (unpaired) electrons. The average molecular weight is 392 g/mol. The van der Waals surface area contributed by atoms with Crippen molar-refractivity contribution in [1.82, 2.24) is 10.1 Å². The molecule has 0 saturated heterocycles. The SMILES string of the molecule is C=CCNc1c(N(C)Cc2ccc(-c3noc(C(F)(F)F)n3)cc2)c(=O)c1=O. The third kappa shape index (κ3) is 3.66. The molecule has 7 nitrogen and oxygen atoms in total. The average Bonchev–Trinajstić information content (AvgIpc) is 3.15. The second kappa shape index (κ2) is 7.29. The summed E-state index contributed by atoms with van der Waals surface area (Å²) in [7, 11) is 1.66. The standard InChI is InChI=1S/C18H15F3N4O3/c1-3-8-22-12-13(15(27)14(12)26)25(2)9-10-4-6-11(7-5-10)16-23-17(28-24-16)18(19,20)21/h3-7,22H,1,8-9H2,2H3. The van der Waals surface area contributed by atoms with Crippen molar-refractivity contribution in [2.24, 2.45) is 0 Å². The summed E-state index contributed by atoms with van der Waals surface area (Å²) in [5.41, 5.74) is 0.509. The van der Waals surface area contributed by atoms with Crippen molar-refractivity contribution in [2.45, 2.75) is 12.7 Å². The van der Waals surface area contributed by atoms with Crippen LogP contribution in [0.2, 0.25) is 0 Å². The van der Waals surface area contributed by atoms with E-state index in [0.29, 0.717) is 18.7 Å². The molecule has 3 aromatic rings. The molecule has 28 heavy (non-hydrogen) atoms. The molecule has 1 heterocycles. The summed E-state index contributed by atoms with van der Waals surface area (Å²) in [4.78, 5) is 28.5. The Morgan fingerprint density at radius 3 is 2.46 bits per heavy atom. The number of nitrogens with one attached hydrogen (secondary N) is 1. The Morgan fingerprint density at radius 1 is 1.21 bits per heavy atom. The van der Waals surface area contributed by atoms with E-state index in [0.717, 1.165) is 5.56 Å². The maximum atomic E-state index is 12.5. The molecule has 0 spiro atoms. The smallest absolute Gasteiger partial charge is 0.376 e. The lowest BCUT2D eigenvalue weighted by Crippen LogP contribution is -2.41. The lowest BCUT2D eigenvalue weighted by Gasteiger charge is -2.23. The van der Waals surface area contributed by atoms with Crippen molar-refractivity contribution in [3.8, 4) is 11.4 Å². The molecule has 0 unspecified atom stereocenters. The first-order valence-electron chi connectivity index (χ1n) is 8.11. The molecule has 0 aliphatic carbocycles. The van der Waals surface area contributed by atoms with Crippen LogP contribution in [0, 0.1) is 0 Å². The Morgan fingerprint density at radius 2 is 1.89 bits per heavy atom. The van der Waals surface area contributed by atoms with Crippen molar-refractivity contribution in [3.05, 3.63) is 68.8 Å². The van der Waals surface area contributed by atoms with Crippen LogP contribution in [0.5, 0.6) is 0 Å². The Balaban J connectivity index is 1.74. The Hall–Kier alpha value is -3.43. The number of hydrogen-bond acceptors (Lipinski definition) is 7. The van der Waals surface area contributed by atoms with E-state index in [-0.39, 0.29) is 17.2 Å². The minimum atomic E-state index is -4.70. The fourth-order valence-corrected chi connectivity index (χ4v) is 2.65. The van der Waals surface area contributed by atoms with Crippen LogP contribution < -0.4 is 21.1 Å². The van der Waals surface area contributed by atoms with Crippen LogP contribution in [-0.4, -0.2) is 23.7 Å². The number of alkyl halides is 3. The van der Waals surface area contributed by atoms with Gasteiger partial charge in [0.2, 0.25) is 5.82 Å². The summed E-state index contributed by atoms with van der Waals surface area (Å²) in [5.74, 6) is -1.59. The van der Waals surface area contributed by atoms with E-state index in [1.54, 1.807) is 42.3 Å². The molecule has 0 amide bonds. The van der Waals surface area contributed by atoms with E-state index < -0.39 is 22.9 Å². The summed E-state index contributed by atoms with van der Waals surface area (Å²) in [6.45, 7) is 4.21. The van der Waals surface area contributed by atoms with Gasteiger partial charge in [-0.3, -0.25) is 9.59 Å². The first kappa shape index (κ1) is 19.3. The van der Waals surface area contributed by atoms with Gasteiger partial charge in [0.1, 0.15) is 11.4 Å². The van der Waals surface area contributed by atoms with Gasteiger partial charge >= 0.3 is 12.1 Å². The van der Waals surface area contributed by atoms with Crippen LogP contribution in [0.25, 0.3) is 11.4 Å². The molecular formula is C18H15F3N4O3. The first-order chi connectivity index (χ1) is 13.2. The predicted molar refractivity (Wildman–Crippen MR) is 96.9 cm³/mol. The van der Waals surface area contributed by atoms with Gasteiger partial charge in [0.05, 0.1) is 0 Å². The van der Waals surface area contributed by atoms with E-state index in [9.17, 15) is 22.8 Å². The van der Waals surface area contributed by atoms with Gasteiger partial charge in [0.25, 0.3) is 10.9 Å². The van der Waals surface area contributed by atoms with Crippen molar-refractivity contribution in [1.29, 1.82) is 0 Å². The van der Waals surface area contributed by atoms with Crippen molar-refractivity contribution in [3.63, 3.8) is 0 Å². The highest BCUT2D eigenvalue weighted by Crippen LogP contribution is 2.29. The van der Waals surface area contributed by atoms with Crippen LogP contribution in [0.4, 0.5) is 24.5 Å². The highest BCUT2D eigenvalue weighted by molar-refractivity contribution is 5.75. The van der Waals surface area contributed by atoms with Gasteiger partial charge in [-0.25, -0.2) is 0 Å². The van der Waals surface area contributed by atoms with Gasteiger partial charge < -0.3 is 14.7 Å². The molecule has 0 bridgehead atoms. The van der Waals surface area contributed by atoms with E-state index in [1.165, 1.54) is 0 Å². The molecule has 10 heteroatoms. The number of hydrogen-bond donors (Lipinski definition) is 1. The molecule has 0 aliphatic rings. The largest absolute Gasteiger partial charge is 0.471 e. The monoisotopic (exact) mass is 392 g/mol. The predicted octanol–water partition coefficient (Wildman–Crippen LogP) is 2.59. The molecule has 146 valence electrons. The zero-order valence-electron chi connectivity index (χ0n) is 14.7. The van der Waals surface area contributed by atoms with Gasteiger partial charge in [-0.2, -0.15) is 18.2 Å². The van der Waals surface area contributed by atoms with Gasteiger partial charge in [-0.1, -0.05) is 35.5 Å². The summed E-state index contributed by atoms with van der Waals surface area (Å²) >= 11 is 0. The highest BCUT2D eigenvalue weighted by atomic mass is 19.4. The van der Waals surface area contributed by atoms with E-state index >= 15 is 0 Å². The minimum Gasteiger partial charge on any atom is -0.376 e. The van der Waals surface area contributed by atoms with Crippen molar-refractivity contribution >= 4 is 11.4 Å². The van der Waals surface area contributed by atoms with Gasteiger partial charge in [0, 0.05) is 25.7 Å². The molecule has 0 atom stereocenters. The lowest BCUT2D eigenvalue weighted by molar-refractivity contribution is -0.159. The summed E-state index contributed by atoms with van der Waals surface area (Å²) in [6.07, 6.45) is -3.13. The van der Waals surface area contributed by atoms with Crippen LogP contribution in [0.15, 0.2) is 51.0 Å². The summed E-state index contributed by atoms with van der Waals surface area (Å²) in [6, 6.07) is 6.43. The van der Waals surface area contributed by atoms with Crippen molar-refractivity contribution < 1.29 is 17.7 Å². The number of rotatable bonds is 7. The maximum absolute atomic E-state index is 12.5. The number of anilines is 2. The zero-order valence-corrected chi connectivity index (χ0v) is 14.7. The molecule has 2 aromatic carbocycles. The van der Waals surface area contributed by atoms with Gasteiger partial charge in [-0.05, 0) is 5.56 Å². The van der Waals surface area contributed by atoms with Gasteiger partial charge in [-0.15, -0.1) is 6.58 Å². The summed E-state index contributed by atoms with van der Waals surface area (Å²) in [5, 5.41) is 6.17. The van der Waals surface area contributed by atoms with Crippen LogP contribution in [0.1, 0.15) is 11.5 Å². The zero-order chi connectivity index (χ0) is 20.5. The van der Waals surface area contributed by atoms with Crippen LogP contribution >= 0.6 is 0 Å². The maximum Gasteiger partial charge on any atom is 0.471 e. The third-order valence-corrected chi connectivity index (χ3v) is 3.99. The topological polar surface area (TPSA) is 88.3 Å². The number of benzene rings is 1. The first-order valence-corrected chi connectivity index (χ1v) is 8.11. The molecule has 0 fully saturated rings. The van der Waals surface area contributed by atoms with Crippen molar-refractivity contribution in [2.75, 3.05) is 23.8 Å². The quantitative estimate of drug-likeness (QED) is 0.488. The molecule has 1 aromatic heterocycles. The normalized spacial score (nSPS) is 11.6. The number of aromatic nitrogens is 2. The fraction of sp³-hybridized carbons (Fsp3) is 0.222. The molecule has 1 N–H and O–H groups in total. The minimum absolute atomic E-state index is 0.175. The number of halogens is 3. The van der Waals surface area contributed by atoms with E-state index in [1.807, 2.05) is 0 Å². The summed E-state index contributed by atoms with van der Waals surface area (Å²) < 4.78 is 41.8. The van der Waals surface area contributed by atoms with Crippen LogP contribution in [-0.2, 0) is 12.7 Å². The Bertz CT molecular complexity index is 1060. The Labute approximate surface area is 156 Å².